The van der Waals surface area contributed by atoms with Crippen LogP contribution in [0.15, 0.2) is 0 Å². The molecular formula is C11H24N2. The minimum atomic E-state index is 0.792. The van der Waals surface area contributed by atoms with Gasteiger partial charge in [-0.1, -0.05) is 20.8 Å². The SMILES string of the molecule is CCN(CCNC1CC1)CC(C)C. The van der Waals surface area contributed by atoms with E-state index in [-0.39, 0.29) is 0 Å². The molecule has 0 aliphatic heterocycles. The molecule has 1 fully saturated rings. The van der Waals surface area contributed by atoms with E-state index in [0.717, 1.165) is 12.0 Å². The molecule has 0 saturated heterocycles. The molecule has 1 N–H and O–H groups in total. The van der Waals surface area contributed by atoms with Crippen molar-refractivity contribution in [2.45, 2.75) is 39.7 Å². The van der Waals surface area contributed by atoms with E-state index in [1.807, 2.05) is 0 Å². The minimum absolute atomic E-state index is 0.792. The molecule has 0 bridgehead atoms. The molecular weight excluding hydrogens is 160 g/mol. The van der Waals surface area contributed by atoms with Crippen LogP contribution in [0.25, 0.3) is 0 Å². The van der Waals surface area contributed by atoms with Crippen LogP contribution in [0.5, 0.6) is 0 Å². The van der Waals surface area contributed by atoms with Gasteiger partial charge in [-0.05, 0) is 25.3 Å². The quantitative estimate of drug-likeness (QED) is 0.648. The van der Waals surface area contributed by atoms with Gasteiger partial charge >= 0.3 is 0 Å². The lowest BCUT2D eigenvalue weighted by molar-refractivity contribution is 0.256. The van der Waals surface area contributed by atoms with Gasteiger partial charge in [-0.15, -0.1) is 0 Å². The van der Waals surface area contributed by atoms with E-state index in [0.29, 0.717) is 0 Å². The smallest absolute Gasteiger partial charge is 0.0107 e. The van der Waals surface area contributed by atoms with E-state index in [4.69, 9.17) is 0 Å². The van der Waals surface area contributed by atoms with Crippen molar-refractivity contribution >= 4 is 0 Å². The molecule has 0 amide bonds. The maximum atomic E-state index is 3.55. The number of nitrogens with one attached hydrogen (secondary N) is 1. The van der Waals surface area contributed by atoms with Crippen molar-refractivity contribution in [1.82, 2.24) is 10.2 Å². The molecule has 1 aliphatic carbocycles. The summed E-state index contributed by atoms with van der Waals surface area (Å²) in [5.74, 6) is 0.792. The predicted octanol–water partition coefficient (Wildman–Crippen LogP) is 1.72. The lowest BCUT2D eigenvalue weighted by Crippen LogP contribution is -2.35. The number of hydrogen-bond acceptors (Lipinski definition) is 2. The van der Waals surface area contributed by atoms with Gasteiger partial charge in [0.1, 0.15) is 0 Å². The fourth-order valence-corrected chi connectivity index (χ4v) is 1.61. The Hall–Kier alpha value is -0.0800. The molecule has 0 aromatic carbocycles. The Kier molecular flexibility index (Phi) is 4.74. The molecule has 1 saturated carbocycles. The number of nitrogens with zero attached hydrogens (tertiary/aromatic N) is 1. The molecule has 0 spiro atoms. The first kappa shape index (κ1) is 11.0. The van der Waals surface area contributed by atoms with Crippen molar-refractivity contribution in [2.24, 2.45) is 5.92 Å². The summed E-state index contributed by atoms with van der Waals surface area (Å²) < 4.78 is 0. The van der Waals surface area contributed by atoms with Gasteiger partial charge in [-0.2, -0.15) is 0 Å². The third-order valence-corrected chi connectivity index (χ3v) is 2.51. The highest BCUT2D eigenvalue weighted by Crippen LogP contribution is 2.17. The molecule has 13 heavy (non-hydrogen) atoms. The second kappa shape index (κ2) is 5.61. The average molecular weight is 184 g/mol. The summed E-state index contributed by atoms with van der Waals surface area (Å²) in [4.78, 5) is 2.53. The van der Waals surface area contributed by atoms with Crippen LogP contribution in [0.3, 0.4) is 0 Å². The Labute approximate surface area is 82.7 Å². The first-order valence-electron chi connectivity index (χ1n) is 5.68. The first-order chi connectivity index (χ1) is 6.22. The van der Waals surface area contributed by atoms with Gasteiger partial charge in [0.2, 0.25) is 0 Å². The fraction of sp³-hybridized carbons (Fsp3) is 1.00. The Morgan fingerprint density at radius 3 is 2.54 bits per heavy atom. The lowest BCUT2D eigenvalue weighted by Gasteiger charge is -2.22. The highest BCUT2D eigenvalue weighted by atomic mass is 15.1. The maximum Gasteiger partial charge on any atom is 0.0107 e. The summed E-state index contributed by atoms with van der Waals surface area (Å²) in [6.07, 6.45) is 2.80. The zero-order valence-electron chi connectivity index (χ0n) is 9.34. The monoisotopic (exact) mass is 184 g/mol. The zero-order chi connectivity index (χ0) is 9.68. The Balaban J connectivity index is 2.00. The van der Waals surface area contributed by atoms with E-state index >= 15 is 0 Å². The largest absolute Gasteiger partial charge is 0.313 e. The number of likely N-dealkylation sites (N-methyl/N-ethyl adjacent to an activating group) is 1. The van der Waals surface area contributed by atoms with Gasteiger partial charge in [0.15, 0.2) is 0 Å². The number of rotatable bonds is 7. The van der Waals surface area contributed by atoms with Crippen LogP contribution in [-0.2, 0) is 0 Å². The average Bonchev–Trinajstić information content (AvgIpc) is 2.85. The molecule has 2 nitrogen and oxygen atoms in total. The maximum absolute atomic E-state index is 3.55. The zero-order valence-corrected chi connectivity index (χ0v) is 9.34. The Morgan fingerprint density at radius 1 is 1.38 bits per heavy atom. The van der Waals surface area contributed by atoms with E-state index in [1.165, 1.54) is 39.0 Å². The summed E-state index contributed by atoms with van der Waals surface area (Å²) in [6.45, 7) is 11.6. The third-order valence-electron chi connectivity index (χ3n) is 2.51. The minimum Gasteiger partial charge on any atom is -0.313 e. The molecule has 1 rings (SSSR count). The van der Waals surface area contributed by atoms with Crippen LogP contribution in [0.2, 0.25) is 0 Å². The normalized spacial score (nSPS) is 17.3. The van der Waals surface area contributed by atoms with Gasteiger partial charge in [0.05, 0.1) is 0 Å². The van der Waals surface area contributed by atoms with Crippen molar-refractivity contribution in [2.75, 3.05) is 26.2 Å². The van der Waals surface area contributed by atoms with Crippen LogP contribution >= 0.6 is 0 Å². The summed E-state index contributed by atoms with van der Waals surface area (Å²) >= 11 is 0. The second-order valence-corrected chi connectivity index (χ2v) is 4.52. The van der Waals surface area contributed by atoms with Crippen LogP contribution in [0.4, 0.5) is 0 Å². The van der Waals surface area contributed by atoms with Crippen LogP contribution in [-0.4, -0.2) is 37.1 Å². The van der Waals surface area contributed by atoms with Gasteiger partial charge in [-0.3, -0.25) is 0 Å². The molecule has 0 aromatic heterocycles. The van der Waals surface area contributed by atoms with Crippen molar-refractivity contribution in [3.63, 3.8) is 0 Å². The van der Waals surface area contributed by atoms with E-state index in [2.05, 4.69) is 31.0 Å². The van der Waals surface area contributed by atoms with E-state index in [9.17, 15) is 0 Å². The standard InChI is InChI=1S/C11H24N2/c1-4-13(9-10(2)3)8-7-12-11-5-6-11/h10-12H,4-9H2,1-3H3. The second-order valence-electron chi connectivity index (χ2n) is 4.52. The summed E-state index contributed by atoms with van der Waals surface area (Å²) in [5, 5.41) is 3.55. The molecule has 0 atom stereocenters. The molecule has 2 heteroatoms. The van der Waals surface area contributed by atoms with Crippen LogP contribution in [0.1, 0.15) is 33.6 Å². The van der Waals surface area contributed by atoms with Crippen molar-refractivity contribution < 1.29 is 0 Å². The third kappa shape index (κ3) is 5.27. The molecule has 0 aromatic rings. The molecule has 0 unspecified atom stereocenters. The molecule has 0 heterocycles. The van der Waals surface area contributed by atoms with E-state index in [1.54, 1.807) is 0 Å². The Bertz CT molecular complexity index is 130. The van der Waals surface area contributed by atoms with Crippen molar-refractivity contribution in [1.29, 1.82) is 0 Å². The van der Waals surface area contributed by atoms with Gasteiger partial charge in [-0.25, -0.2) is 0 Å². The van der Waals surface area contributed by atoms with Gasteiger partial charge in [0, 0.05) is 25.7 Å². The molecule has 1 aliphatic rings. The van der Waals surface area contributed by atoms with Crippen LogP contribution in [0, 0.1) is 5.92 Å². The topological polar surface area (TPSA) is 15.3 Å². The van der Waals surface area contributed by atoms with Gasteiger partial charge in [0.25, 0.3) is 0 Å². The summed E-state index contributed by atoms with van der Waals surface area (Å²) in [7, 11) is 0. The highest BCUT2D eigenvalue weighted by Gasteiger charge is 2.19. The Morgan fingerprint density at radius 2 is 2.08 bits per heavy atom. The molecule has 0 radical (unpaired) electrons. The lowest BCUT2D eigenvalue weighted by atomic mass is 10.2. The molecule has 78 valence electrons. The fourth-order valence-electron chi connectivity index (χ4n) is 1.61. The van der Waals surface area contributed by atoms with Crippen molar-refractivity contribution in [3.05, 3.63) is 0 Å². The van der Waals surface area contributed by atoms with Crippen molar-refractivity contribution in [3.8, 4) is 0 Å². The predicted molar refractivity (Wildman–Crippen MR) is 58.0 cm³/mol. The highest BCUT2D eigenvalue weighted by molar-refractivity contribution is 4.81. The first-order valence-corrected chi connectivity index (χ1v) is 5.68. The van der Waals surface area contributed by atoms with Gasteiger partial charge < -0.3 is 10.2 Å². The number of hydrogen-bond donors (Lipinski definition) is 1. The van der Waals surface area contributed by atoms with E-state index < -0.39 is 0 Å². The summed E-state index contributed by atoms with van der Waals surface area (Å²) in [6, 6.07) is 0.859. The summed E-state index contributed by atoms with van der Waals surface area (Å²) in [5.41, 5.74) is 0. The van der Waals surface area contributed by atoms with Crippen LogP contribution < -0.4 is 5.32 Å².